The van der Waals surface area contributed by atoms with Gasteiger partial charge in [0, 0.05) is 31.7 Å². The lowest BCUT2D eigenvalue weighted by molar-refractivity contribution is -0.122. The van der Waals surface area contributed by atoms with Crippen molar-refractivity contribution in [1.29, 1.82) is 0 Å². The topological polar surface area (TPSA) is 110 Å². The Hall–Kier alpha value is -2.45. The lowest BCUT2D eigenvalue weighted by atomic mass is 9.95. The Morgan fingerprint density at radius 3 is 2.53 bits per heavy atom. The second-order valence-corrected chi connectivity index (χ2v) is 7.80. The summed E-state index contributed by atoms with van der Waals surface area (Å²) in [6, 6.07) is 18.1. The monoisotopic (exact) mass is 415 g/mol. The fourth-order valence-corrected chi connectivity index (χ4v) is 4.94. The Bertz CT molecular complexity index is 816. The lowest BCUT2D eigenvalue weighted by Gasteiger charge is -2.17. The first-order valence-corrected chi connectivity index (χ1v) is 10.1. The van der Waals surface area contributed by atoms with Crippen LogP contribution in [-0.2, 0) is 11.3 Å². The van der Waals surface area contributed by atoms with Crippen LogP contribution in [0.1, 0.15) is 17.0 Å². The Kier molecular flexibility index (Phi) is 7.44. The highest BCUT2D eigenvalue weighted by Crippen LogP contribution is 2.68. The Morgan fingerprint density at radius 1 is 1.13 bits per heavy atom. The summed E-state index contributed by atoms with van der Waals surface area (Å²) in [5.74, 6) is 1.07. The molecule has 2 aromatic carbocycles. The van der Waals surface area contributed by atoms with Crippen LogP contribution in [0.2, 0.25) is 0 Å². The third kappa shape index (κ3) is 4.49. The van der Waals surface area contributed by atoms with Gasteiger partial charge in [-0.25, -0.2) is 0 Å². The van der Waals surface area contributed by atoms with Gasteiger partial charge in [-0.3, -0.25) is 9.69 Å². The molecule has 1 aliphatic heterocycles. The zero-order chi connectivity index (χ0) is 21.6. The number of nitrogens with zero attached hydrogens (tertiary/aromatic N) is 1. The molecule has 4 N–H and O–H groups in total. The van der Waals surface area contributed by atoms with Crippen LogP contribution in [-0.4, -0.2) is 70.8 Å². The van der Waals surface area contributed by atoms with Gasteiger partial charge in [0.1, 0.15) is 12.4 Å². The van der Waals surface area contributed by atoms with Crippen molar-refractivity contribution in [3.63, 3.8) is 0 Å². The van der Waals surface area contributed by atoms with Crippen molar-refractivity contribution in [3.05, 3.63) is 65.7 Å². The number of ether oxygens (including phenoxy) is 1. The molecule has 0 aromatic heterocycles. The van der Waals surface area contributed by atoms with Crippen molar-refractivity contribution in [2.75, 3.05) is 32.9 Å². The summed E-state index contributed by atoms with van der Waals surface area (Å²) >= 11 is 0. The SMILES string of the molecule is O=CO.OCCOc1cccc(CN2C[C@H](O)[C@@]3(C2)[C@H](CO)[C@H]3c2ccccc2)c1. The third-order valence-electron chi connectivity index (χ3n) is 6.13. The van der Waals surface area contributed by atoms with Crippen molar-refractivity contribution in [2.24, 2.45) is 11.3 Å². The van der Waals surface area contributed by atoms with Gasteiger partial charge < -0.3 is 25.2 Å². The lowest BCUT2D eigenvalue weighted by Crippen LogP contribution is -2.23. The quantitative estimate of drug-likeness (QED) is 0.505. The van der Waals surface area contributed by atoms with E-state index in [2.05, 4.69) is 17.0 Å². The molecule has 1 heterocycles. The predicted octanol–water partition coefficient (Wildman–Crippen LogP) is 1.33. The van der Waals surface area contributed by atoms with Crippen LogP contribution in [0.5, 0.6) is 5.75 Å². The maximum absolute atomic E-state index is 10.9. The summed E-state index contributed by atoms with van der Waals surface area (Å²) in [6.45, 7) is 2.26. The minimum atomic E-state index is -0.436. The first-order valence-electron chi connectivity index (χ1n) is 10.1. The predicted molar refractivity (Wildman–Crippen MR) is 111 cm³/mol. The number of benzene rings is 2. The van der Waals surface area contributed by atoms with E-state index in [9.17, 15) is 10.2 Å². The fraction of sp³-hybridized carbons (Fsp3) is 0.435. The zero-order valence-electron chi connectivity index (χ0n) is 16.8. The number of hydrogen-bond acceptors (Lipinski definition) is 6. The molecule has 1 saturated heterocycles. The summed E-state index contributed by atoms with van der Waals surface area (Å²) in [5.41, 5.74) is 2.07. The van der Waals surface area contributed by atoms with Crippen LogP contribution in [0, 0.1) is 11.3 Å². The highest BCUT2D eigenvalue weighted by atomic mass is 16.5. The van der Waals surface area contributed by atoms with E-state index in [1.165, 1.54) is 5.56 Å². The summed E-state index contributed by atoms with van der Waals surface area (Å²) in [4.78, 5) is 10.6. The molecule has 0 unspecified atom stereocenters. The first-order chi connectivity index (χ1) is 14.6. The number of hydrogen-bond donors (Lipinski definition) is 4. The van der Waals surface area contributed by atoms with Gasteiger partial charge in [0.25, 0.3) is 6.47 Å². The van der Waals surface area contributed by atoms with Crippen LogP contribution in [0.3, 0.4) is 0 Å². The Balaban J connectivity index is 0.000000806. The summed E-state index contributed by atoms with van der Waals surface area (Å²) in [5, 5.41) is 36.6. The van der Waals surface area contributed by atoms with E-state index in [-0.39, 0.29) is 43.5 Å². The van der Waals surface area contributed by atoms with E-state index in [0.29, 0.717) is 6.54 Å². The second-order valence-electron chi connectivity index (χ2n) is 7.80. The van der Waals surface area contributed by atoms with Crippen molar-refractivity contribution in [2.45, 2.75) is 18.6 Å². The number of β-amino-alcohol motifs (C(OH)–C–C–N with tert-alkyl or cyclic N) is 1. The number of carboxylic acid groups (broad SMARTS) is 1. The molecule has 30 heavy (non-hydrogen) atoms. The van der Waals surface area contributed by atoms with Gasteiger partial charge in [-0.15, -0.1) is 0 Å². The molecule has 162 valence electrons. The van der Waals surface area contributed by atoms with Gasteiger partial charge >= 0.3 is 0 Å². The summed E-state index contributed by atoms with van der Waals surface area (Å²) in [6.07, 6.45) is -0.436. The first kappa shape index (κ1) is 22.2. The highest BCUT2D eigenvalue weighted by molar-refractivity contribution is 5.37. The normalized spacial score (nSPS) is 27.4. The third-order valence-corrected chi connectivity index (χ3v) is 6.13. The summed E-state index contributed by atoms with van der Waals surface area (Å²) in [7, 11) is 0. The van der Waals surface area contributed by atoms with Crippen LogP contribution in [0.25, 0.3) is 0 Å². The molecular weight excluding hydrogens is 386 g/mol. The highest BCUT2D eigenvalue weighted by Gasteiger charge is 2.70. The van der Waals surface area contributed by atoms with E-state index in [4.69, 9.17) is 19.7 Å². The maximum Gasteiger partial charge on any atom is 0.290 e. The van der Waals surface area contributed by atoms with Crippen molar-refractivity contribution in [3.8, 4) is 5.75 Å². The molecule has 4 atom stereocenters. The Morgan fingerprint density at radius 2 is 1.87 bits per heavy atom. The largest absolute Gasteiger partial charge is 0.491 e. The standard InChI is InChI=1S/C22H27NO4.CH2O2/c24-9-10-27-18-8-4-5-16(11-18)12-23-13-20(26)22(15-23)19(14-25)21(22)17-6-2-1-3-7-17;2-1-3/h1-8,11,19-21,24-26H,9-10,12-15H2;1H,(H,2,3)/t19-,20+,21-,22-;/m1./s1. The summed E-state index contributed by atoms with van der Waals surface area (Å²) < 4.78 is 5.49. The van der Waals surface area contributed by atoms with Gasteiger partial charge in [-0.05, 0) is 35.1 Å². The maximum atomic E-state index is 10.9. The van der Waals surface area contributed by atoms with Crippen molar-refractivity contribution >= 4 is 6.47 Å². The molecule has 1 aliphatic carbocycles. The van der Waals surface area contributed by atoms with E-state index < -0.39 is 6.10 Å². The number of aliphatic hydroxyl groups is 3. The minimum Gasteiger partial charge on any atom is -0.491 e. The van der Waals surface area contributed by atoms with Gasteiger partial charge in [0.05, 0.1) is 12.7 Å². The molecule has 0 radical (unpaired) electrons. The van der Waals surface area contributed by atoms with Gasteiger partial charge in [0.15, 0.2) is 0 Å². The molecule has 4 rings (SSSR count). The second kappa shape index (κ2) is 10.0. The van der Waals surface area contributed by atoms with Gasteiger partial charge in [-0.1, -0.05) is 42.5 Å². The molecule has 7 heteroatoms. The number of aliphatic hydroxyl groups excluding tert-OH is 3. The molecule has 2 aromatic rings. The van der Waals surface area contributed by atoms with Gasteiger partial charge in [0.2, 0.25) is 0 Å². The Labute approximate surface area is 176 Å². The number of carbonyl (C=O) groups is 1. The zero-order valence-corrected chi connectivity index (χ0v) is 16.8. The van der Waals surface area contributed by atoms with Crippen molar-refractivity contribution < 1.29 is 30.0 Å². The average molecular weight is 415 g/mol. The van der Waals surface area contributed by atoms with Crippen molar-refractivity contribution in [1.82, 2.24) is 4.90 Å². The molecule has 0 bridgehead atoms. The molecule has 1 spiro atoms. The number of rotatable bonds is 7. The minimum absolute atomic E-state index is 0.00547. The van der Waals surface area contributed by atoms with E-state index in [1.807, 2.05) is 42.5 Å². The molecule has 2 aliphatic rings. The van der Waals surface area contributed by atoms with Crippen LogP contribution < -0.4 is 4.74 Å². The molecule has 7 nitrogen and oxygen atoms in total. The van der Waals surface area contributed by atoms with Gasteiger partial charge in [-0.2, -0.15) is 0 Å². The van der Waals surface area contributed by atoms with Crippen LogP contribution >= 0.6 is 0 Å². The molecular formula is C23H29NO6. The average Bonchev–Trinajstić information content (AvgIpc) is 3.30. The van der Waals surface area contributed by atoms with E-state index in [0.717, 1.165) is 24.4 Å². The molecule has 1 saturated carbocycles. The molecule has 2 fully saturated rings. The van der Waals surface area contributed by atoms with E-state index >= 15 is 0 Å². The molecule has 0 amide bonds. The number of likely N-dealkylation sites (tertiary alicyclic amines) is 1. The fourth-order valence-electron chi connectivity index (χ4n) is 4.94. The van der Waals surface area contributed by atoms with Crippen LogP contribution in [0.15, 0.2) is 54.6 Å². The van der Waals surface area contributed by atoms with E-state index in [1.54, 1.807) is 0 Å². The van der Waals surface area contributed by atoms with Crippen LogP contribution in [0.4, 0.5) is 0 Å². The smallest absolute Gasteiger partial charge is 0.290 e.